The largest absolute Gasteiger partial charge is 0.496 e. The van der Waals surface area contributed by atoms with Crippen LogP contribution in [0.2, 0.25) is 0 Å². The highest BCUT2D eigenvalue weighted by Gasteiger charge is 2.09. The van der Waals surface area contributed by atoms with Crippen molar-refractivity contribution in [1.82, 2.24) is 4.98 Å². The first-order valence-corrected chi connectivity index (χ1v) is 4.14. The molecule has 0 amide bonds. The third kappa shape index (κ3) is 1.42. The van der Waals surface area contributed by atoms with E-state index in [0.717, 1.165) is 5.56 Å². The van der Waals surface area contributed by atoms with Crippen molar-refractivity contribution in [3.8, 4) is 17.2 Å². The molecule has 0 radical (unpaired) electrons. The number of oxazole rings is 1. The molecule has 0 aliphatic carbocycles. The molecule has 0 saturated carbocycles. The minimum absolute atomic E-state index is 0.508. The van der Waals surface area contributed by atoms with E-state index in [2.05, 4.69) is 4.98 Å². The molecule has 0 spiro atoms. The number of aromatic nitrogens is 1. The molecule has 4 heteroatoms. The number of nitrogens with zero attached hydrogens (tertiary/aromatic N) is 1. The van der Waals surface area contributed by atoms with Gasteiger partial charge in [0.25, 0.3) is 0 Å². The van der Waals surface area contributed by atoms with Crippen molar-refractivity contribution < 1.29 is 9.15 Å². The van der Waals surface area contributed by atoms with Crippen molar-refractivity contribution in [2.45, 2.75) is 0 Å². The highest BCUT2D eigenvalue weighted by molar-refractivity contribution is 5.67. The summed E-state index contributed by atoms with van der Waals surface area (Å²) in [5, 5.41) is 0. The minimum Gasteiger partial charge on any atom is -0.496 e. The van der Waals surface area contributed by atoms with Crippen molar-refractivity contribution >= 4 is 5.69 Å². The van der Waals surface area contributed by atoms with E-state index < -0.39 is 0 Å². The second kappa shape index (κ2) is 3.41. The number of benzene rings is 1. The smallest absolute Gasteiger partial charge is 0.229 e. The lowest BCUT2D eigenvalue weighted by Gasteiger charge is -2.05. The van der Waals surface area contributed by atoms with Gasteiger partial charge < -0.3 is 14.9 Å². The van der Waals surface area contributed by atoms with Gasteiger partial charge in [-0.25, -0.2) is 4.98 Å². The van der Waals surface area contributed by atoms with Gasteiger partial charge in [0.2, 0.25) is 5.89 Å². The topological polar surface area (TPSA) is 61.3 Å². The lowest BCUT2D eigenvalue weighted by atomic mass is 10.2. The molecule has 4 nitrogen and oxygen atoms in total. The van der Waals surface area contributed by atoms with E-state index in [-0.39, 0.29) is 0 Å². The Hall–Kier alpha value is -1.97. The molecule has 14 heavy (non-hydrogen) atoms. The third-order valence-electron chi connectivity index (χ3n) is 1.89. The van der Waals surface area contributed by atoms with Crippen LogP contribution in [0.1, 0.15) is 0 Å². The Morgan fingerprint density at radius 2 is 2.29 bits per heavy atom. The van der Waals surface area contributed by atoms with Crippen LogP contribution in [0.25, 0.3) is 11.5 Å². The van der Waals surface area contributed by atoms with Gasteiger partial charge in [0.05, 0.1) is 18.9 Å². The number of hydrogen-bond donors (Lipinski definition) is 1. The Bertz CT molecular complexity index is 424. The molecule has 0 saturated heterocycles. The van der Waals surface area contributed by atoms with Gasteiger partial charge in [0, 0.05) is 5.69 Å². The van der Waals surface area contributed by atoms with E-state index in [0.29, 0.717) is 17.3 Å². The average molecular weight is 190 g/mol. The number of hydrogen-bond acceptors (Lipinski definition) is 4. The Labute approximate surface area is 81.3 Å². The highest BCUT2D eigenvalue weighted by atomic mass is 16.5. The Kier molecular flexibility index (Phi) is 2.10. The standard InChI is InChI=1S/C10H10N2O2/c1-13-9-3-2-7(11)6-8(9)10-12-4-5-14-10/h2-6H,11H2,1H3. The zero-order valence-corrected chi connectivity index (χ0v) is 7.73. The van der Waals surface area contributed by atoms with E-state index in [9.17, 15) is 0 Å². The van der Waals surface area contributed by atoms with Crippen LogP contribution >= 0.6 is 0 Å². The van der Waals surface area contributed by atoms with Crippen LogP contribution in [0.3, 0.4) is 0 Å². The Morgan fingerprint density at radius 3 is 2.93 bits per heavy atom. The van der Waals surface area contributed by atoms with Gasteiger partial charge in [-0.05, 0) is 18.2 Å². The first-order valence-electron chi connectivity index (χ1n) is 4.14. The number of ether oxygens (including phenoxy) is 1. The van der Waals surface area contributed by atoms with Crippen molar-refractivity contribution in [2.24, 2.45) is 0 Å². The van der Waals surface area contributed by atoms with Gasteiger partial charge in [0.15, 0.2) is 0 Å². The number of rotatable bonds is 2. The molecule has 0 fully saturated rings. The molecule has 0 unspecified atom stereocenters. The molecule has 2 rings (SSSR count). The summed E-state index contributed by atoms with van der Waals surface area (Å²) in [5.41, 5.74) is 7.08. The van der Waals surface area contributed by atoms with E-state index in [1.54, 1.807) is 31.5 Å². The number of nitrogens with two attached hydrogens (primary N) is 1. The normalized spacial score (nSPS) is 10.1. The van der Waals surface area contributed by atoms with E-state index in [1.165, 1.54) is 6.26 Å². The van der Waals surface area contributed by atoms with Crippen LogP contribution in [0.15, 0.2) is 35.1 Å². The molecular formula is C10H10N2O2. The zero-order chi connectivity index (χ0) is 9.97. The van der Waals surface area contributed by atoms with Crippen LogP contribution in [-0.4, -0.2) is 12.1 Å². The second-order valence-corrected chi connectivity index (χ2v) is 2.80. The van der Waals surface area contributed by atoms with Gasteiger partial charge in [-0.2, -0.15) is 0 Å². The number of nitrogen functional groups attached to an aromatic ring is 1. The van der Waals surface area contributed by atoms with Crippen LogP contribution in [0.5, 0.6) is 5.75 Å². The molecular weight excluding hydrogens is 180 g/mol. The molecule has 72 valence electrons. The molecule has 2 N–H and O–H groups in total. The van der Waals surface area contributed by atoms with Crippen LogP contribution in [0.4, 0.5) is 5.69 Å². The molecule has 0 bridgehead atoms. The summed E-state index contributed by atoms with van der Waals surface area (Å²) in [7, 11) is 1.60. The molecule has 0 atom stereocenters. The van der Waals surface area contributed by atoms with Gasteiger partial charge in [-0.3, -0.25) is 0 Å². The van der Waals surface area contributed by atoms with Crippen molar-refractivity contribution in [2.75, 3.05) is 12.8 Å². The van der Waals surface area contributed by atoms with Gasteiger partial charge in [0.1, 0.15) is 12.0 Å². The van der Waals surface area contributed by atoms with Crippen molar-refractivity contribution in [1.29, 1.82) is 0 Å². The Morgan fingerprint density at radius 1 is 1.43 bits per heavy atom. The van der Waals surface area contributed by atoms with E-state index >= 15 is 0 Å². The van der Waals surface area contributed by atoms with Crippen molar-refractivity contribution in [3.63, 3.8) is 0 Å². The summed E-state index contributed by atoms with van der Waals surface area (Å²) < 4.78 is 10.3. The van der Waals surface area contributed by atoms with Crippen LogP contribution < -0.4 is 10.5 Å². The molecule has 2 aromatic rings. The summed E-state index contributed by atoms with van der Waals surface area (Å²) >= 11 is 0. The number of methoxy groups -OCH3 is 1. The first-order chi connectivity index (χ1) is 6.81. The molecule has 0 aliphatic heterocycles. The summed E-state index contributed by atoms with van der Waals surface area (Å²) in [4.78, 5) is 4.03. The average Bonchev–Trinajstić information content (AvgIpc) is 2.70. The summed E-state index contributed by atoms with van der Waals surface area (Å²) in [5.74, 6) is 1.20. The van der Waals surface area contributed by atoms with Gasteiger partial charge in [-0.15, -0.1) is 0 Å². The maximum atomic E-state index is 5.66. The predicted octanol–water partition coefficient (Wildman–Crippen LogP) is 1.93. The lowest BCUT2D eigenvalue weighted by Crippen LogP contribution is -1.91. The minimum atomic E-state index is 0.508. The fraction of sp³-hybridized carbons (Fsp3) is 0.100. The SMILES string of the molecule is COc1ccc(N)cc1-c1ncco1. The summed E-state index contributed by atoms with van der Waals surface area (Å²) in [6.07, 6.45) is 3.09. The van der Waals surface area contributed by atoms with Crippen molar-refractivity contribution in [3.05, 3.63) is 30.7 Å². The first kappa shape index (κ1) is 8.62. The molecule has 0 aliphatic rings. The number of anilines is 1. The summed E-state index contributed by atoms with van der Waals surface area (Å²) in [6.45, 7) is 0. The fourth-order valence-corrected chi connectivity index (χ4v) is 1.25. The van der Waals surface area contributed by atoms with Gasteiger partial charge >= 0.3 is 0 Å². The maximum Gasteiger partial charge on any atom is 0.229 e. The fourth-order valence-electron chi connectivity index (χ4n) is 1.25. The maximum absolute atomic E-state index is 5.66. The zero-order valence-electron chi connectivity index (χ0n) is 7.73. The van der Waals surface area contributed by atoms with Crippen LogP contribution in [0, 0.1) is 0 Å². The molecule has 1 aromatic heterocycles. The third-order valence-corrected chi connectivity index (χ3v) is 1.89. The Balaban J connectivity index is 2.55. The molecule has 1 heterocycles. The van der Waals surface area contributed by atoms with E-state index in [4.69, 9.17) is 14.9 Å². The van der Waals surface area contributed by atoms with E-state index in [1.807, 2.05) is 0 Å². The van der Waals surface area contributed by atoms with Gasteiger partial charge in [-0.1, -0.05) is 0 Å². The lowest BCUT2D eigenvalue weighted by molar-refractivity contribution is 0.414. The monoisotopic (exact) mass is 190 g/mol. The highest BCUT2D eigenvalue weighted by Crippen LogP contribution is 2.30. The summed E-state index contributed by atoms with van der Waals surface area (Å²) in [6, 6.07) is 5.32. The quantitative estimate of drug-likeness (QED) is 0.735. The van der Waals surface area contributed by atoms with Crippen LogP contribution in [-0.2, 0) is 0 Å². The second-order valence-electron chi connectivity index (χ2n) is 2.80. The molecule has 1 aromatic carbocycles. The predicted molar refractivity (Wildman–Crippen MR) is 52.9 cm³/mol.